The van der Waals surface area contributed by atoms with E-state index in [-0.39, 0.29) is 11.9 Å². The predicted octanol–water partition coefficient (Wildman–Crippen LogP) is 3.21. The molecule has 3 nitrogen and oxygen atoms in total. The Hall–Kier alpha value is -1.35. The first-order valence-electron chi connectivity index (χ1n) is 9.32. The smallest absolute Gasteiger partial charge is 0.220 e. The molecular weight excluding hydrogens is 284 g/mol. The summed E-state index contributed by atoms with van der Waals surface area (Å²) >= 11 is 0. The van der Waals surface area contributed by atoms with E-state index in [0.717, 1.165) is 19.3 Å². The van der Waals surface area contributed by atoms with Crippen LogP contribution < -0.4 is 11.1 Å². The second kappa shape index (κ2) is 7.96. The average molecular weight is 314 g/mol. The van der Waals surface area contributed by atoms with Gasteiger partial charge in [-0.15, -0.1) is 0 Å². The molecule has 0 aromatic heterocycles. The minimum absolute atomic E-state index is 0.179. The minimum Gasteiger partial charge on any atom is -0.352 e. The highest BCUT2D eigenvalue weighted by atomic mass is 16.1. The largest absolute Gasteiger partial charge is 0.352 e. The van der Waals surface area contributed by atoms with Gasteiger partial charge in [-0.05, 0) is 55.1 Å². The molecule has 126 valence electrons. The number of nitrogens with two attached hydrogens (primary N) is 1. The fourth-order valence-electron chi connectivity index (χ4n) is 4.38. The molecule has 0 aliphatic heterocycles. The molecule has 2 aliphatic carbocycles. The van der Waals surface area contributed by atoms with Crippen LogP contribution in [0.25, 0.3) is 0 Å². The molecule has 0 spiro atoms. The van der Waals surface area contributed by atoms with Gasteiger partial charge in [0.05, 0.1) is 0 Å². The van der Waals surface area contributed by atoms with Crippen LogP contribution in [0.15, 0.2) is 24.3 Å². The third-order valence-electron chi connectivity index (χ3n) is 5.74. The minimum atomic E-state index is 0.179. The maximum absolute atomic E-state index is 12.5. The van der Waals surface area contributed by atoms with Crippen molar-refractivity contribution in [1.82, 2.24) is 5.32 Å². The molecule has 0 saturated heterocycles. The lowest BCUT2D eigenvalue weighted by atomic mass is 9.81. The summed E-state index contributed by atoms with van der Waals surface area (Å²) in [5.41, 5.74) is 8.83. The Bertz CT molecular complexity index is 522. The monoisotopic (exact) mass is 314 g/mol. The number of aryl methyl sites for hydroxylation is 1. The zero-order chi connectivity index (χ0) is 16.1. The van der Waals surface area contributed by atoms with E-state index in [4.69, 9.17) is 5.73 Å². The summed E-state index contributed by atoms with van der Waals surface area (Å²) in [5, 5.41) is 3.24. The number of rotatable bonds is 5. The van der Waals surface area contributed by atoms with Crippen molar-refractivity contribution in [2.45, 2.75) is 63.8 Å². The van der Waals surface area contributed by atoms with E-state index in [2.05, 4.69) is 29.6 Å². The number of carbonyl (C=O) groups excluding carboxylic acids is 1. The van der Waals surface area contributed by atoms with E-state index in [1.54, 1.807) is 0 Å². The molecule has 1 fully saturated rings. The second-order valence-electron chi connectivity index (χ2n) is 7.39. The van der Waals surface area contributed by atoms with Gasteiger partial charge in [0.2, 0.25) is 5.91 Å². The molecule has 1 saturated carbocycles. The Morgan fingerprint density at radius 2 is 1.87 bits per heavy atom. The summed E-state index contributed by atoms with van der Waals surface area (Å²) in [7, 11) is 0. The molecule has 1 aromatic rings. The molecule has 3 heteroatoms. The van der Waals surface area contributed by atoms with Crippen LogP contribution in [0.3, 0.4) is 0 Å². The van der Waals surface area contributed by atoms with E-state index in [1.807, 2.05) is 0 Å². The molecule has 2 unspecified atom stereocenters. The number of hydrogen-bond acceptors (Lipinski definition) is 2. The van der Waals surface area contributed by atoms with E-state index in [0.29, 0.717) is 24.8 Å². The zero-order valence-corrected chi connectivity index (χ0v) is 14.1. The van der Waals surface area contributed by atoms with Crippen molar-refractivity contribution >= 4 is 5.91 Å². The average Bonchev–Trinajstić information content (AvgIpc) is 2.60. The molecule has 3 rings (SSSR count). The first-order chi connectivity index (χ1) is 11.3. The standard InChI is InChI=1S/C20H30N2O/c21-14-19(17-7-2-1-3-8-17)22-20(23)13-15-10-11-16-6-4-5-9-18(16)12-15/h4-6,9,15,17,19H,1-3,7-8,10-14,21H2,(H,22,23). The van der Waals surface area contributed by atoms with Gasteiger partial charge in [0.15, 0.2) is 0 Å². The van der Waals surface area contributed by atoms with Crippen molar-refractivity contribution in [3.8, 4) is 0 Å². The van der Waals surface area contributed by atoms with Crippen molar-refractivity contribution < 1.29 is 4.79 Å². The molecule has 2 atom stereocenters. The van der Waals surface area contributed by atoms with Gasteiger partial charge in [0, 0.05) is 19.0 Å². The molecule has 0 radical (unpaired) electrons. The summed E-state index contributed by atoms with van der Waals surface area (Å²) in [5.74, 6) is 1.27. The summed E-state index contributed by atoms with van der Waals surface area (Å²) in [6, 6.07) is 8.83. The number of hydrogen-bond donors (Lipinski definition) is 2. The quantitative estimate of drug-likeness (QED) is 0.877. The van der Waals surface area contributed by atoms with E-state index in [1.165, 1.54) is 43.2 Å². The number of benzene rings is 1. The summed E-state index contributed by atoms with van der Waals surface area (Å²) in [4.78, 5) is 12.5. The highest BCUT2D eigenvalue weighted by Gasteiger charge is 2.26. The Balaban J connectivity index is 1.51. The first-order valence-corrected chi connectivity index (χ1v) is 9.32. The number of nitrogens with one attached hydrogen (secondary N) is 1. The molecule has 0 heterocycles. The lowest BCUT2D eigenvalue weighted by molar-refractivity contribution is -0.123. The van der Waals surface area contributed by atoms with Gasteiger partial charge < -0.3 is 11.1 Å². The highest BCUT2D eigenvalue weighted by molar-refractivity contribution is 5.76. The van der Waals surface area contributed by atoms with Crippen LogP contribution in [0.2, 0.25) is 0 Å². The molecule has 23 heavy (non-hydrogen) atoms. The number of amides is 1. The normalized spacial score (nSPS) is 23.1. The van der Waals surface area contributed by atoms with Crippen molar-refractivity contribution in [3.05, 3.63) is 35.4 Å². The van der Waals surface area contributed by atoms with Gasteiger partial charge in [0.1, 0.15) is 0 Å². The third kappa shape index (κ3) is 4.35. The van der Waals surface area contributed by atoms with Crippen LogP contribution in [-0.2, 0) is 17.6 Å². The lowest BCUT2D eigenvalue weighted by Crippen LogP contribution is -2.46. The van der Waals surface area contributed by atoms with E-state index < -0.39 is 0 Å². The molecular formula is C20H30N2O. The third-order valence-corrected chi connectivity index (χ3v) is 5.74. The van der Waals surface area contributed by atoms with Crippen molar-refractivity contribution in [2.24, 2.45) is 17.6 Å². The Morgan fingerprint density at radius 3 is 2.61 bits per heavy atom. The van der Waals surface area contributed by atoms with Gasteiger partial charge in [-0.25, -0.2) is 0 Å². The lowest BCUT2D eigenvalue weighted by Gasteiger charge is -2.31. The predicted molar refractivity (Wildman–Crippen MR) is 94.1 cm³/mol. The van der Waals surface area contributed by atoms with Gasteiger partial charge in [0.25, 0.3) is 0 Å². The fraction of sp³-hybridized carbons (Fsp3) is 0.650. The summed E-state index contributed by atoms with van der Waals surface area (Å²) < 4.78 is 0. The van der Waals surface area contributed by atoms with E-state index in [9.17, 15) is 4.79 Å². The Morgan fingerprint density at radius 1 is 1.13 bits per heavy atom. The van der Waals surface area contributed by atoms with Gasteiger partial charge >= 0.3 is 0 Å². The second-order valence-corrected chi connectivity index (χ2v) is 7.39. The fourth-order valence-corrected chi connectivity index (χ4v) is 4.38. The zero-order valence-electron chi connectivity index (χ0n) is 14.1. The first kappa shape index (κ1) is 16.5. The SMILES string of the molecule is NCC(NC(=O)CC1CCc2ccccc2C1)C1CCCCC1. The van der Waals surface area contributed by atoms with Crippen LogP contribution >= 0.6 is 0 Å². The number of fused-ring (bicyclic) bond motifs is 1. The van der Waals surface area contributed by atoms with Crippen LogP contribution in [0.1, 0.15) is 56.1 Å². The van der Waals surface area contributed by atoms with Crippen molar-refractivity contribution in [1.29, 1.82) is 0 Å². The molecule has 0 bridgehead atoms. The summed E-state index contributed by atoms with van der Waals surface area (Å²) in [6.45, 7) is 0.573. The van der Waals surface area contributed by atoms with Gasteiger partial charge in [-0.1, -0.05) is 43.5 Å². The highest BCUT2D eigenvalue weighted by Crippen LogP contribution is 2.28. The molecule has 2 aliphatic rings. The molecule has 1 aromatic carbocycles. The van der Waals surface area contributed by atoms with Crippen LogP contribution in [0.4, 0.5) is 0 Å². The molecule has 1 amide bonds. The maximum atomic E-state index is 12.5. The molecule has 3 N–H and O–H groups in total. The van der Waals surface area contributed by atoms with Crippen LogP contribution in [0.5, 0.6) is 0 Å². The van der Waals surface area contributed by atoms with Crippen molar-refractivity contribution in [3.63, 3.8) is 0 Å². The maximum Gasteiger partial charge on any atom is 0.220 e. The van der Waals surface area contributed by atoms with Gasteiger partial charge in [-0.3, -0.25) is 4.79 Å². The summed E-state index contributed by atoms with van der Waals surface area (Å²) in [6.07, 6.45) is 10.3. The Labute approximate surface area is 140 Å². The Kier molecular flexibility index (Phi) is 5.71. The van der Waals surface area contributed by atoms with Crippen LogP contribution in [-0.4, -0.2) is 18.5 Å². The topological polar surface area (TPSA) is 55.1 Å². The van der Waals surface area contributed by atoms with E-state index >= 15 is 0 Å². The number of carbonyl (C=O) groups is 1. The van der Waals surface area contributed by atoms with Crippen molar-refractivity contribution in [2.75, 3.05) is 6.54 Å². The van der Waals surface area contributed by atoms with Gasteiger partial charge in [-0.2, -0.15) is 0 Å². The van der Waals surface area contributed by atoms with Crippen LogP contribution in [0, 0.1) is 11.8 Å².